The Bertz CT molecular complexity index is 295. The summed E-state index contributed by atoms with van der Waals surface area (Å²) in [5.41, 5.74) is 0. The number of hydrogen-bond acceptors (Lipinski definition) is 3. The van der Waals surface area contributed by atoms with Crippen molar-refractivity contribution in [2.45, 2.75) is 33.6 Å². The Hall–Kier alpha value is -1.57. The van der Waals surface area contributed by atoms with E-state index in [1.807, 2.05) is 26.8 Å². The molecular formula is C12H21N3O2. The summed E-state index contributed by atoms with van der Waals surface area (Å²) in [5, 5.41) is 14.1. The zero-order valence-electron chi connectivity index (χ0n) is 10.7. The molecule has 0 radical (unpaired) electrons. The van der Waals surface area contributed by atoms with Crippen molar-refractivity contribution in [2.24, 2.45) is 11.8 Å². The van der Waals surface area contributed by atoms with Crippen LogP contribution in [0.25, 0.3) is 0 Å². The van der Waals surface area contributed by atoms with Gasteiger partial charge in [0.25, 0.3) is 0 Å². The maximum atomic E-state index is 11.5. The summed E-state index contributed by atoms with van der Waals surface area (Å²) in [5.74, 6) is -1.04. The molecule has 0 saturated heterocycles. The lowest BCUT2D eigenvalue weighted by Crippen LogP contribution is -2.35. The summed E-state index contributed by atoms with van der Waals surface area (Å²) in [7, 11) is 0. The Kier molecular flexibility index (Phi) is 7.78. The highest BCUT2D eigenvalue weighted by molar-refractivity contribution is 5.82. The van der Waals surface area contributed by atoms with Gasteiger partial charge in [-0.25, -0.2) is 0 Å². The van der Waals surface area contributed by atoms with Crippen molar-refractivity contribution in [3.63, 3.8) is 0 Å². The fourth-order valence-corrected chi connectivity index (χ4v) is 1.27. The molecule has 2 amide bonds. The number of nitrogens with zero attached hydrogens (tertiary/aromatic N) is 1. The molecule has 0 aliphatic carbocycles. The Morgan fingerprint density at radius 3 is 2.35 bits per heavy atom. The van der Waals surface area contributed by atoms with Gasteiger partial charge >= 0.3 is 0 Å². The fraction of sp³-hybridized carbons (Fsp3) is 0.750. The number of carbonyl (C=O) groups excluding carboxylic acids is 2. The second kappa shape index (κ2) is 8.57. The third-order valence-corrected chi connectivity index (χ3v) is 2.31. The molecule has 5 heteroatoms. The highest BCUT2D eigenvalue weighted by Crippen LogP contribution is 2.08. The van der Waals surface area contributed by atoms with Gasteiger partial charge in [0.1, 0.15) is 5.92 Å². The molecule has 0 aliphatic heterocycles. The number of amides is 2. The number of nitriles is 1. The molecule has 17 heavy (non-hydrogen) atoms. The molecule has 1 atom stereocenters. The van der Waals surface area contributed by atoms with Gasteiger partial charge in [0.05, 0.1) is 6.07 Å². The molecule has 96 valence electrons. The van der Waals surface area contributed by atoms with Crippen LogP contribution in [0, 0.1) is 23.2 Å². The molecule has 0 saturated carbocycles. The van der Waals surface area contributed by atoms with Gasteiger partial charge in [-0.15, -0.1) is 0 Å². The third kappa shape index (κ3) is 6.56. The molecule has 0 rings (SSSR count). The zero-order chi connectivity index (χ0) is 13.3. The summed E-state index contributed by atoms with van der Waals surface area (Å²) in [6.45, 7) is 6.55. The normalized spacial score (nSPS) is 11.7. The number of rotatable bonds is 7. The van der Waals surface area contributed by atoms with Crippen LogP contribution >= 0.6 is 0 Å². The van der Waals surface area contributed by atoms with Crippen LogP contribution in [0.5, 0.6) is 0 Å². The van der Waals surface area contributed by atoms with Crippen LogP contribution in [0.3, 0.4) is 0 Å². The van der Waals surface area contributed by atoms with E-state index >= 15 is 0 Å². The minimum absolute atomic E-state index is 0.0195. The Morgan fingerprint density at radius 1 is 1.24 bits per heavy atom. The molecule has 0 heterocycles. The first kappa shape index (κ1) is 15.4. The average molecular weight is 239 g/mol. The average Bonchev–Trinajstić information content (AvgIpc) is 2.26. The minimum Gasteiger partial charge on any atom is -0.356 e. The van der Waals surface area contributed by atoms with Gasteiger partial charge in [-0.2, -0.15) is 5.26 Å². The van der Waals surface area contributed by atoms with Crippen molar-refractivity contribution in [1.82, 2.24) is 10.6 Å². The van der Waals surface area contributed by atoms with Gasteiger partial charge in [-0.05, 0) is 12.3 Å². The number of nitrogens with one attached hydrogen (secondary N) is 2. The maximum absolute atomic E-state index is 11.5. The van der Waals surface area contributed by atoms with Crippen molar-refractivity contribution in [3.05, 3.63) is 0 Å². The van der Waals surface area contributed by atoms with E-state index in [4.69, 9.17) is 5.26 Å². The number of carbonyl (C=O) groups is 2. The van der Waals surface area contributed by atoms with Crippen LogP contribution in [-0.4, -0.2) is 24.9 Å². The van der Waals surface area contributed by atoms with Crippen LogP contribution in [0.15, 0.2) is 0 Å². The molecule has 0 aromatic carbocycles. The second-order valence-corrected chi connectivity index (χ2v) is 4.24. The Labute approximate surface area is 103 Å². The van der Waals surface area contributed by atoms with Gasteiger partial charge in [0.15, 0.2) is 0 Å². The standard InChI is InChI=1S/C12H21N3O2/c1-4-6-14-11(16)5-7-15-12(17)10(8-13)9(2)3/h9-10H,4-7H2,1-3H3,(H,14,16)(H,15,17). The van der Waals surface area contributed by atoms with E-state index in [2.05, 4.69) is 10.6 Å². The van der Waals surface area contributed by atoms with E-state index in [1.165, 1.54) is 0 Å². The van der Waals surface area contributed by atoms with Crippen molar-refractivity contribution < 1.29 is 9.59 Å². The Morgan fingerprint density at radius 2 is 1.88 bits per heavy atom. The van der Waals surface area contributed by atoms with Crippen LogP contribution in [0.1, 0.15) is 33.6 Å². The first-order chi connectivity index (χ1) is 8.02. The molecule has 0 aliphatic rings. The van der Waals surface area contributed by atoms with E-state index in [9.17, 15) is 9.59 Å². The van der Waals surface area contributed by atoms with Crippen LogP contribution in [0.2, 0.25) is 0 Å². The van der Waals surface area contributed by atoms with Gasteiger partial charge in [0, 0.05) is 19.5 Å². The molecule has 5 nitrogen and oxygen atoms in total. The monoisotopic (exact) mass is 239 g/mol. The fourth-order valence-electron chi connectivity index (χ4n) is 1.27. The van der Waals surface area contributed by atoms with E-state index in [1.54, 1.807) is 0 Å². The summed E-state index contributed by atoms with van der Waals surface area (Å²) >= 11 is 0. The van der Waals surface area contributed by atoms with Gasteiger partial charge in [0.2, 0.25) is 11.8 Å². The van der Waals surface area contributed by atoms with E-state index in [0.717, 1.165) is 6.42 Å². The summed E-state index contributed by atoms with van der Waals surface area (Å²) < 4.78 is 0. The van der Waals surface area contributed by atoms with Crippen molar-refractivity contribution >= 4 is 11.8 Å². The first-order valence-corrected chi connectivity index (χ1v) is 5.97. The summed E-state index contributed by atoms with van der Waals surface area (Å²) in [6.07, 6.45) is 1.14. The first-order valence-electron chi connectivity index (χ1n) is 5.97. The number of hydrogen-bond donors (Lipinski definition) is 2. The lowest BCUT2D eigenvalue weighted by atomic mass is 9.97. The topological polar surface area (TPSA) is 82.0 Å². The smallest absolute Gasteiger partial charge is 0.237 e. The molecule has 0 aromatic rings. The highest BCUT2D eigenvalue weighted by Gasteiger charge is 2.21. The SMILES string of the molecule is CCCNC(=O)CCNC(=O)C(C#N)C(C)C. The van der Waals surface area contributed by atoms with Crippen LogP contribution in [0.4, 0.5) is 0 Å². The summed E-state index contributed by atoms with van der Waals surface area (Å²) in [6, 6.07) is 1.96. The third-order valence-electron chi connectivity index (χ3n) is 2.31. The van der Waals surface area contributed by atoms with Crippen molar-refractivity contribution in [2.75, 3.05) is 13.1 Å². The van der Waals surface area contributed by atoms with Crippen molar-refractivity contribution in [3.8, 4) is 6.07 Å². The minimum atomic E-state index is -0.645. The van der Waals surface area contributed by atoms with E-state index in [-0.39, 0.29) is 30.7 Å². The molecule has 0 spiro atoms. The molecular weight excluding hydrogens is 218 g/mol. The van der Waals surface area contributed by atoms with E-state index in [0.29, 0.717) is 6.54 Å². The van der Waals surface area contributed by atoms with E-state index < -0.39 is 5.92 Å². The van der Waals surface area contributed by atoms with Gasteiger partial charge in [-0.1, -0.05) is 20.8 Å². The lowest BCUT2D eigenvalue weighted by molar-refractivity contribution is -0.124. The predicted molar refractivity (Wildman–Crippen MR) is 64.9 cm³/mol. The quantitative estimate of drug-likeness (QED) is 0.690. The van der Waals surface area contributed by atoms with Crippen LogP contribution in [-0.2, 0) is 9.59 Å². The maximum Gasteiger partial charge on any atom is 0.237 e. The molecule has 0 aromatic heterocycles. The molecule has 0 bridgehead atoms. The molecule has 0 fully saturated rings. The Balaban J connectivity index is 3.85. The van der Waals surface area contributed by atoms with Crippen molar-refractivity contribution in [1.29, 1.82) is 5.26 Å². The van der Waals surface area contributed by atoms with Gasteiger partial charge in [-0.3, -0.25) is 9.59 Å². The predicted octanol–water partition coefficient (Wildman–Crippen LogP) is 0.815. The lowest BCUT2D eigenvalue weighted by Gasteiger charge is -2.12. The van der Waals surface area contributed by atoms with Crippen LogP contribution < -0.4 is 10.6 Å². The second-order valence-electron chi connectivity index (χ2n) is 4.24. The molecule has 1 unspecified atom stereocenters. The largest absolute Gasteiger partial charge is 0.356 e. The molecule has 2 N–H and O–H groups in total. The summed E-state index contributed by atoms with van der Waals surface area (Å²) in [4.78, 5) is 22.8. The highest BCUT2D eigenvalue weighted by atomic mass is 16.2. The van der Waals surface area contributed by atoms with Gasteiger partial charge < -0.3 is 10.6 Å². The zero-order valence-corrected chi connectivity index (χ0v) is 10.7.